The van der Waals surface area contributed by atoms with E-state index in [1.165, 1.54) is 4.90 Å². The summed E-state index contributed by atoms with van der Waals surface area (Å²) in [5.74, 6) is 0. The van der Waals surface area contributed by atoms with Crippen molar-refractivity contribution in [2.75, 3.05) is 11.4 Å². The van der Waals surface area contributed by atoms with Crippen molar-refractivity contribution in [3.63, 3.8) is 0 Å². The number of benzene rings is 1. The lowest BCUT2D eigenvalue weighted by Gasteiger charge is -2.11. The molecule has 1 aliphatic heterocycles. The number of hydrogen-bond donors (Lipinski definition) is 1. The number of anilines is 1. The van der Waals surface area contributed by atoms with E-state index in [1.54, 1.807) is 0 Å². The minimum absolute atomic E-state index is 0. The van der Waals surface area contributed by atoms with Crippen molar-refractivity contribution in [1.29, 1.82) is 0 Å². The van der Waals surface area contributed by atoms with Gasteiger partial charge >= 0.3 is 6.09 Å². The molecule has 0 aliphatic carbocycles. The van der Waals surface area contributed by atoms with Crippen LogP contribution >= 0.6 is 12.4 Å². The molecule has 0 spiro atoms. The van der Waals surface area contributed by atoms with Crippen molar-refractivity contribution in [1.82, 2.24) is 0 Å². The van der Waals surface area contributed by atoms with Crippen LogP contribution in [-0.2, 0) is 6.42 Å². The summed E-state index contributed by atoms with van der Waals surface area (Å²) in [7, 11) is 0. The Hall–Kier alpha value is -1.22. The van der Waals surface area contributed by atoms with Crippen LogP contribution in [0.2, 0.25) is 0 Å². The predicted molar refractivity (Wildman–Crippen MR) is 52.8 cm³/mol. The number of halogens is 1. The standard InChI is InChI=1S/C9H9NO2.ClH/c11-9(12)10-6-5-7-3-1-2-4-8(7)10;/h1-4H,5-6H2,(H,11,12);1H. The molecule has 1 N–H and O–H groups in total. The number of carbonyl (C=O) groups is 1. The van der Waals surface area contributed by atoms with Gasteiger partial charge in [-0.25, -0.2) is 4.79 Å². The molecule has 3 nitrogen and oxygen atoms in total. The highest BCUT2D eigenvalue weighted by Gasteiger charge is 2.22. The Morgan fingerprint density at radius 1 is 1.38 bits per heavy atom. The van der Waals surface area contributed by atoms with Crippen LogP contribution in [0.1, 0.15) is 5.56 Å². The van der Waals surface area contributed by atoms with E-state index in [2.05, 4.69) is 0 Å². The molecule has 70 valence electrons. The number of hydrogen-bond acceptors (Lipinski definition) is 1. The van der Waals surface area contributed by atoms with Crippen molar-refractivity contribution in [2.24, 2.45) is 0 Å². The SMILES string of the molecule is Cl.O=C(O)N1CCc2ccccc21. The van der Waals surface area contributed by atoms with Crippen molar-refractivity contribution in [3.05, 3.63) is 29.8 Å². The normalized spacial score (nSPS) is 13.4. The maximum atomic E-state index is 10.7. The van der Waals surface area contributed by atoms with E-state index in [9.17, 15) is 4.79 Å². The van der Waals surface area contributed by atoms with Gasteiger partial charge in [0.25, 0.3) is 0 Å². The highest BCUT2D eigenvalue weighted by Crippen LogP contribution is 2.26. The van der Waals surface area contributed by atoms with E-state index in [4.69, 9.17) is 5.11 Å². The summed E-state index contributed by atoms with van der Waals surface area (Å²) in [6.45, 7) is 0.592. The van der Waals surface area contributed by atoms with Gasteiger partial charge in [-0.3, -0.25) is 4.90 Å². The van der Waals surface area contributed by atoms with Crippen LogP contribution in [0, 0.1) is 0 Å². The van der Waals surface area contributed by atoms with Gasteiger partial charge in [0.2, 0.25) is 0 Å². The molecule has 0 fully saturated rings. The lowest BCUT2D eigenvalue weighted by Crippen LogP contribution is -2.26. The van der Waals surface area contributed by atoms with Crippen LogP contribution < -0.4 is 4.90 Å². The van der Waals surface area contributed by atoms with E-state index in [0.29, 0.717) is 6.54 Å². The van der Waals surface area contributed by atoms with Crippen LogP contribution in [0.5, 0.6) is 0 Å². The fraction of sp³-hybridized carbons (Fsp3) is 0.222. The summed E-state index contributed by atoms with van der Waals surface area (Å²) in [4.78, 5) is 12.1. The molecule has 0 bridgehead atoms. The molecule has 1 heterocycles. The van der Waals surface area contributed by atoms with Crippen LogP contribution in [0.15, 0.2) is 24.3 Å². The molecule has 4 heteroatoms. The van der Waals surface area contributed by atoms with Crippen LogP contribution in [0.25, 0.3) is 0 Å². The van der Waals surface area contributed by atoms with Gasteiger partial charge in [-0.2, -0.15) is 0 Å². The molecule has 0 unspecified atom stereocenters. The third kappa shape index (κ3) is 1.60. The number of rotatable bonds is 0. The first-order valence-corrected chi connectivity index (χ1v) is 3.87. The molecule has 2 rings (SSSR count). The Labute approximate surface area is 82.4 Å². The molecule has 0 aromatic heterocycles. The molecule has 0 radical (unpaired) electrons. The molecule has 1 aliphatic rings. The van der Waals surface area contributed by atoms with Gasteiger partial charge in [0, 0.05) is 6.54 Å². The van der Waals surface area contributed by atoms with Gasteiger partial charge in [0.15, 0.2) is 0 Å². The van der Waals surface area contributed by atoms with Crippen molar-refractivity contribution in [2.45, 2.75) is 6.42 Å². The first-order chi connectivity index (χ1) is 5.79. The average Bonchev–Trinajstić information content (AvgIpc) is 2.47. The summed E-state index contributed by atoms with van der Waals surface area (Å²) in [5, 5.41) is 8.79. The topological polar surface area (TPSA) is 40.5 Å². The second-order valence-electron chi connectivity index (χ2n) is 2.81. The molecule has 0 atom stereocenters. The second-order valence-corrected chi connectivity index (χ2v) is 2.81. The number of para-hydroxylation sites is 1. The molecule has 1 aromatic carbocycles. The summed E-state index contributed by atoms with van der Waals surface area (Å²) in [6, 6.07) is 7.61. The third-order valence-electron chi connectivity index (χ3n) is 2.12. The first-order valence-electron chi connectivity index (χ1n) is 3.87. The minimum Gasteiger partial charge on any atom is -0.465 e. The molecule has 13 heavy (non-hydrogen) atoms. The zero-order chi connectivity index (χ0) is 8.55. The van der Waals surface area contributed by atoms with E-state index in [1.807, 2.05) is 24.3 Å². The summed E-state index contributed by atoms with van der Waals surface area (Å²) < 4.78 is 0. The van der Waals surface area contributed by atoms with E-state index >= 15 is 0 Å². The zero-order valence-corrected chi connectivity index (χ0v) is 7.75. The third-order valence-corrected chi connectivity index (χ3v) is 2.12. The van der Waals surface area contributed by atoms with E-state index in [-0.39, 0.29) is 12.4 Å². The number of fused-ring (bicyclic) bond motifs is 1. The van der Waals surface area contributed by atoms with Gasteiger partial charge in [0.05, 0.1) is 5.69 Å². The Morgan fingerprint density at radius 3 is 2.77 bits per heavy atom. The monoisotopic (exact) mass is 199 g/mol. The Kier molecular flexibility index (Phi) is 2.78. The summed E-state index contributed by atoms with van der Waals surface area (Å²) in [6.07, 6.45) is -0.0254. The largest absolute Gasteiger partial charge is 0.465 e. The van der Waals surface area contributed by atoms with Gasteiger partial charge in [-0.05, 0) is 18.1 Å². The summed E-state index contributed by atoms with van der Waals surface area (Å²) >= 11 is 0. The fourth-order valence-electron chi connectivity index (χ4n) is 1.54. The van der Waals surface area contributed by atoms with Crippen LogP contribution in [-0.4, -0.2) is 17.7 Å². The number of nitrogens with zero attached hydrogens (tertiary/aromatic N) is 1. The number of amides is 1. The molecule has 1 amide bonds. The van der Waals surface area contributed by atoms with Gasteiger partial charge in [0.1, 0.15) is 0 Å². The molecule has 0 saturated carbocycles. The minimum atomic E-state index is -0.861. The first kappa shape index (κ1) is 9.86. The second kappa shape index (κ2) is 3.66. The Morgan fingerprint density at radius 2 is 2.08 bits per heavy atom. The fourth-order valence-corrected chi connectivity index (χ4v) is 1.54. The predicted octanol–water partition coefficient (Wildman–Crippen LogP) is 2.15. The van der Waals surface area contributed by atoms with Crippen molar-refractivity contribution >= 4 is 24.2 Å². The summed E-state index contributed by atoms with van der Waals surface area (Å²) in [5.41, 5.74) is 1.96. The van der Waals surface area contributed by atoms with Gasteiger partial charge in [-0.15, -0.1) is 12.4 Å². The number of carboxylic acid groups (broad SMARTS) is 1. The Bertz CT molecular complexity index is 327. The maximum Gasteiger partial charge on any atom is 0.411 e. The van der Waals surface area contributed by atoms with Gasteiger partial charge in [-0.1, -0.05) is 18.2 Å². The Balaban J connectivity index is 0.000000845. The highest BCUT2D eigenvalue weighted by atomic mass is 35.5. The average molecular weight is 200 g/mol. The smallest absolute Gasteiger partial charge is 0.411 e. The molecular formula is C9H10ClNO2. The van der Waals surface area contributed by atoms with Crippen LogP contribution in [0.4, 0.5) is 10.5 Å². The van der Waals surface area contributed by atoms with E-state index in [0.717, 1.165) is 17.7 Å². The van der Waals surface area contributed by atoms with Crippen molar-refractivity contribution in [3.8, 4) is 0 Å². The zero-order valence-electron chi connectivity index (χ0n) is 6.93. The molecular weight excluding hydrogens is 190 g/mol. The molecule has 1 aromatic rings. The highest BCUT2D eigenvalue weighted by molar-refractivity contribution is 5.88. The van der Waals surface area contributed by atoms with Crippen molar-refractivity contribution < 1.29 is 9.90 Å². The van der Waals surface area contributed by atoms with Gasteiger partial charge < -0.3 is 5.11 Å². The van der Waals surface area contributed by atoms with Crippen LogP contribution in [0.3, 0.4) is 0 Å². The molecule has 0 saturated heterocycles. The lowest BCUT2D eigenvalue weighted by atomic mass is 10.2. The maximum absolute atomic E-state index is 10.7. The quantitative estimate of drug-likeness (QED) is 0.696. The lowest BCUT2D eigenvalue weighted by molar-refractivity contribution is 0.202. The van der Waals surface area contributed by atoms with E-state index < -0.39 is 6.09 Å².